The molecule has 1 amide bonds. The summed E-state index contributed by atoms with van der Waals surface area (Å²) in [6, 6.07) is 9.23. The summed E-state index contributed by atoms with van der Waals surface area (Å²) in [6.07, 6.45) is 0.379. The van der Waals surface area contributed by atoms with Gasteiger partial charge in [-0.2, -0.15) is 0 Å². The van der Waals surface area contributed by atoms with Crippen LogP contribution in [-0.2, 0) is 4.79 Å². The first-order chi connectivity index (χ1) is 9.04. The summed E-state index contributed by atoms with van der Waals surface area (Å²) in [5.74, 6) is 0.400. The second-order valence-corrected chi connectivity index (χ2v) is 4.65. The molecule has 100 valence electrons. The van der Waals surface area contributed by atoms with Crippen molar-refractivity contribution < 1.29 is 9.32 Å². The second-order valence-electron chi connectivity index (χ2n) is 4.65. The molecular formula is C14H17N3O2. The van der Waals surface area contributed by atoms with Gasteiger partial charge in [0.05, 0.1) is 5.69 Å². The van der Waals surface area contributed by atoms with Gasteiger partial charge in [0.15, 0.2) is 0 Å². The lowest BCUT2D eigenvalue weighted by Crippen LogP contribution is -2.14. The minimum absolute atomic E-state index is 0.0968. The van der Waals surface area contributed by atoms with Gasteiger partial charge in [-0.25, -0.2) is 0 Å². The normalized spacial score (nSPS) is 12.1. The van der Waals surface area contributed by atoms with E-state index in [1.807, 2.05) is 31.2 Å². The van der Waals surface area contributed by atoms with Gasteiger partial charge in [-0.05, 0) is 30.5 Å². The van der Waals surface area contributed by atoms with Crippen LogP contribution in [0, 0.1) is 6.92 Å². The van der Waals surface area contributed by atoms with Crippen LogP contribution < -0.4 is 11.1 Å². The van der Waals surface area contributed by atoms with Crippen LogP contribution in [0.2, 0.25) is 0 Å². The Hall–Kier alpha value is -2.30. The molecule has 1 atom stereocenters. The van der Waals surface area contributed by atoms with Crippen molar-refractivity contribution in [1.29, 1.82) is 0 Å². The zero-order valence-electron chi connectivity index (χ0n) is 11.0. The van der Waals surface area contributed by atoms with Crippen LogP contribution in [-0.4, -0.2) is 11.1 Å². The minimum Gasteiger partial charge on any atom is -0.399 e. The lowest BCUT2D eigenvalue weighted by atomic mass is 9.97. The Balaban J connectivity index is 1.93. The van der Waals surface area contributed by atoms with E-state index in [9.17, 15) is 4.79 Å². The molecule has 1 heterocycles. The van der Waals surface area contributed by atoms with Gasteiger partial charge in [0.25, 0.3) is 0 Å². The number of hydrogen-bond donors (Lipinski definition) is 2. The smallest absolute Gasteiger partial charge is 0.231 e. The first kappa shape index (κ1) is 13.1. The summed E-state index contributed by atoms with van der Waals surface area (Å²) in [4.78, 5) is 11.8. The summed E-state index contributed by atoms with van der Waals surface area (Å²) in [6.45, 7) is 3.80. The van der Waals surface area contributed by atoms with Crippen molar-refractivity contribution >= 4 is 17.5 Å². The van der Waals surface area contributed by atoms with Crippen molar-refractivity contribution in [3.05, 3.63) is 41.6 Å². The zero-order valence-corrected chi connectivity index (χ0v) is 11.0. The first-order valence-corrected chi connectivity index (χ1v) is 6.13. The molecule has 0 fully saturated rings. The van der Waals surface area contributed by atoms with E-state index < -0.39 is 0 Å². The van der Waals surface area contributed by atoms with Crippen LogP contribution in [0.3, 0.4) is 0 Å². The fourth-order valence-electron chi connectivity index (χ4n) is 1.83. The van der Waals surface area contributed by atoms with Crippen molar-refractivity contribution in [2.45, 2.75) is 26.2 Å². The van der Waals surface area contributed by atoms with Gasteiger partial charge in [-0.1, -0.05) is 24.2 Å². The molecule has 0 saturated carbocycles. The number of benzene rings is 1. The number of aryl methyl sites for hydroxylation is 1. The van der Waals surface area contributed by atoms with Crippen LogP contribution in [0.25, 0.3) is 0 Å². The molecule has 0 radical (unpaired) electrons. The van der Waals surface area contributed by atoms with E-state index in [-0.39, 0.29) is 11.8 Å². The lowest BCUT2D eigenvalue weighted by Gasteiger charge is -2.11. The molecule has 0 bridgehead atoms. The number of anilines is 2. The molecule has 5 nitrogen and oxygen atoms in total. The van der Waals surface area contributed by atoms with Gasteiger partial charge in [-0.15, -0.1) is 0 Å². The molecule has 0 aliphatic rings. The van der Waals surface area contributed by atoms with Crippen LogP contribution in [0.1, 0.15) is 30.5 Å². The maximum Gasteiger partial charge on any atom is 0.231 e. The maximum atomic E-state index is 11.8. The van der Waals surface area contributed by atoms with E-state index in [2.05, 4.69) is 10.5 Å². The number of hydrogen-bond acceptors (Lipinski definition) is 4. The molecule has 1 unspecified atom stereocenters. The predicted octanol–water partition coefficient (Wildman–Crippen LogP) is 2.70. The Kier molecular flexibility index (Phi) is 3.85. The highest BCUT2D eigenvalue weighted by molar-refractivity contribution is 5.89. The molecule has 1 aromatic heterocycles. The number of carbonyl (C=O) groups is 1. The largest absolute Gasteiger partial charge is 0.399 e. The Morgan fingerprint density at radius 1 is 1.42 bits per heavy atom. The van der Waals surface area contributed by atoms with E-state index >= 15 is 0 Å². The lowest BCUT2D eigenvalue weighted by molar-refractivity contribution is -0.116. The number of rotatable bonds is 4. The van der Waals surface area contributed by atoms with E-state index in [0.29, 0.717) is 12.3 Å². The van der Waals surface area contributed by atoms with Crippen LogP contribution in [0.4, 0.5) is 11.6 Å². The number of carbonyl (C=O) groups excluding carboxylic acids is 1. The number of nitrogen functional groups attached to an aromatic ring is 1. The Morgan fingerprint density at radius 3 is 2.68 bits per heavy atom. The number of nitrogens with two attached hydrogens (primary N) is 1. The van der Waals surface area contributed by atoms with Gasteiger partial charge >= 0.3 is 0 Å². The van der Waals surface area contributed by atoms with Gasteiger partial charge in [0, 0.05) is 18.2 Å². The van der Waals surface area contributed by atoms with Gasteiger partial charge < -0.3 is 10.3 Å². The Morgan fingerprint density at radius 2 is 2.11 bits per heavy atom. The third-order valence-corrected chi connectivity index (χ3v) is 2.89. The quantitative estimate of drug-likeness (QED) is 0.827. The van der Waals surface area contributed by atoms with Crippen molar-refractivity contribution in [1.82, 2.24) is 5.16 Å². The van der Waals surface area contributed by atoms with Gasteiger partial charge in [-0.3, -0.25) is 10.1 Å². The third-order valence-electron chi connectivity index (χ3n) is 2.89. The standard InChI is InChI=1S/C14H17N3O2/c1-9(11-3-5-12(15)6-4-11)7-13(18)16-14-8-10(2)17-19-14/h3-6,8-9H,7,15H2,1-2H3,(H,16,18). The number of nitrogens with zero attached hydrogens (tertiary/aromatic N) is 1. The molecule has 0 aliphatic carbocycles. The van der Waals surface area contributed by atoms with Crippen molar-refractivity contribution in [3.63, 3.8) is 0 Å². The monoisotopic (exact) mass is 259 g/mol. The second kappa shape index (κ2) is 5.56. The van der Waals surface area contributed by atoms with Crippen LogP contribution in [0.5, 0.6) is 0 Å². The summed E-state index contributed by atoms with van der Waals surface area (Å²) in [5.41, 5.74) is 8.17. The predicted molar refractivity (Wildman–Crippen MR) is 73.8 cm³/mol. The molecule has 2 aromatic rings. The number of nitrogens with one attached hydrogen (secondary N) is 1. The molecule has 5 heteroatoms. The molecule has 0 spiro atoms. The summed E-state index contributed by atoms with van der Waals surface area (Å²) in [7, 11) is 0. The average Bonchev–Trinajstić information content (AvgIpc) is 2.75. The fraction of sp³-hybridized carbons (Fsp3) is 0.286. The van der Waals surface area contributed by atoms with E-state index in [1.165, 1.54) is 0 Å². The molecule has 0 aliphatic heterocycles. The van der Waals surface area contributed by atoms with E-state index in [0.717, 1.165) is 16.9 Å². The summed E-state index contributed by atoms with van der Waals surface area (Å²) >= 11 is 0. The Bertz CT molecular complexity index is 560. The zero-order chi connectivity index (χ0) is 13.8. The SMILES string of the molecule is Cc1cc(NC(=O)CC(C)c2ccc(N)cc2)on1. The minimum atomic E-state index is -0.0968. The molecule has 3 N–H and O–H groups in total. The first-order valence-electron chi connectivity index (χ1n) is 6.13. The van der Waals surface area contributed by atoms with Gasteiger partial charge in [0.2, 0.25) is 11.8 Å². The molecule has 2 rings (SSSR count). The van der Waals surface area contributed by atoms with E-state index in [4.69, 9.17) is 10.3 Å². The van der Waals surface area contributed by atoms with Crippen LogP contribution >= 0.6 is 0 Å². The topological polar surface area (TPSA) is 81.2 Å². The molecule has 1 aromatic carbocycles. The number of aromatic nitrogens is 1. The highest BCUT2D eigenvalue weighted by Crippen LogP contribution is 2.21. The van der Waals surface area contributed by atoms with Crippen molar-refractivity contribution in [2.75, 3.05) is 11.1 Å². The third kappa shape index (κ3) is 3.58. The molecule has 0 saturated heterocycles. The summed E-state index contributed by atoms with van der Waals surface area (Å²) in [5, 5.41) is 6.40. The van der Waals surface area contributed by atoms with Crippen molar-refractivity contribution in [3.8, 4) is 0 Å². The number of amides is 1. The maximum absolute atomic E-state index is 11.8. The molecular weight excluding hydrogens is 242 g/mol. The van der Waals surface area contributed by atoms with Crippen LogP contribution in [0.15, 0.2) is 34.9 Å². The highest BCUT2D eigenvalue weighted by Gasteiger charge is 2.13. The molecule has 19 heavy (non-hydrogen) atoms. The summed E-state index contributed by atoms with van der Waals surface area (Å²) < 4.78 is 4.94. The van der Waals surface area contributed by atoms with Crippen molar-refractivity contribution in [2.24, 2.45) is 0 Å². The van der Waals surface area contributed by atoms with E-state index in [1.54, 1.807) is 13.0 Å². The average molecular weight is 259 g/mol. The fourth-order valence-corrected chi connectivity index (χ4v) is 1.83. The highest BCUT2D eigenvalue weighted by atomic mass is 16.5. The Labute approximate surface area is 111 Å². The van der Waals surface area contributed by atoms with Gasteiger partial charge in [0.1, 0.15) is 0 Å².